The third-order valence-corrected chi connectivity index (χ3v) is 8.67. The standard InChI is InChI=1S/C22H16ClN3O3.C20H22N4O3/c23-15-5-9-18(10-6-15)29-17-7-3-14(4-8-17)12-25-19-20(22(28)21(19)27)26-16-2-1-11-24-13-16;25-19-17(18(20(19)26)24-15-7-11-21-12-8-15)23-10-3-1-2-4-13-27-16-6-5-9-22-14-16/h1-11,13,25-26H,12H2;5-9,11-12,14,23H,1-4,10,13H2,(H,21,24). The van der Waals surface area contributed by atoms with Crippen LogP contribution in [0.1, 0.15) is 31.2 Å². The molecule has 3 aromatic heterocycles. The Balaban J connectivity index is 0.000000190. The summed E-state index contributed by atoms with van der Waals surface area (Å²) in [5, 5.41) is 12.7. The number of rotatable bonds is 18. The lowest BCUT2D eigenvalue weighted by atomic mass is 10.1. The zero-order valence-electron chi connectivity index (χ0n) is 30.2. The van der Waals surface area contributed by atoms with Gasteiger partial charge in [-0.2, -0.15) is 0 Å². The molecule has 4 N–H and O–H groups in total. The summed E-state index contributed by atoms with van der Waals surface area (Å²) in [6, 6.07) is 25.3. The number of hydrogen-bond acceptors (Lipinski definition) is 13. The number of anilines is 6. The zero-order valence-corrected chi connectivity index (χ0v) is 30.9. The molecule has 4 aromatic carbocycles. The third kappa shape index (κ3) is 10.6. The Hall–Kier alpha value is -6.86. The molecule has 0 aliphatic heterocycles. The maximum atomic E-state index is 11.9. The molecule has 7 aromatic rings. The summed E-state index contributed by atoms with van der Waals surface area (Å²) in [7, 11) is 0. The minimum atomic E-state index is -0.539. The molecule has 7 rings (SSSR count). The van der Waals surface area contributed by atoms with E-state index < -0.39 is 21.7 Å². The van der Waals surface area contributed by atoms with Crippen LogP contribution in [0.15, 0.2) is 141 Å². The van der Waals surface area contributed by atoms with Crippen molar-refractivity contribution in [3.05, 3.63) is 174 Å². The van der Waals surface area contributed by atoms with Crippen LogP contribution in [0.3, 0.4) is 0 Å². The van der Waals surface area contributed by atoms with Gasteiger partial charge in [0.25, 0.3) is 21.7 Å². The summed E-state index contributed by atoms with van der Waals surface area (Å²) < 4.78 is 11.4. The number of benzene rings is 2. The van der Waals surface area contributed by atoms with Crippen molar-refractivity contribution in [3.63, 3.8) is 0 Å². The van der Waals surface area contributed by atoms with E-state index in [1.807, 2.05) is 36.4 Å². The van der Waals surface area contributed by atoms with Crippen LogP contribution >= 0.6 is 11.6 Å². The first-order valence-electron chi connectivity index (χ1n) is 17.9. The Morgan fingerprint density at radius 1 is 0.518 bits per heavy atom. The minimum absolute atomic E-state index is 0.255. The number of unbranched alkanes of at least 4 members (excludes halogenated alkanes) is 3. The Kier molecular flexibility index (Phi) is 13.5. The smallest absolute Gasteiger partial charge is 0.253 e. The molecule has 0 radical (unpaired) electrons. The molecule has 0 saturated heterocycles. The summed E-state index contributed by atoms with van der Waals surface area (Å²) in [6.45, 7) is 1.71. The van der Waals surface area contributed by atoms with E-state index in [1.54, 1.807) is 85.7 Å². The lowest BCUT2D eigenvalue weighted by Crippen LogP contribution is -2.36. The van der Waals surface area contributed by atoms with Gasteiger partial charge in [-0.25, -0.2) is 0 Å². The summed E-state index contributed by atoms with van der Waals surface area (Å²) in [6.07, 6.45) is 13.8. The van der Waals surface area contributed by atoms with Crippen LogP contribution in [0.2, 0.25) is 5.02 Å². The highest BCUT2D eigenvalue weighted by Crippen LogP contribution is 2.25. The SMILES string of the molecule is O=c1c(NCCCCCCOc2cccnc2)c(Nc2ccncc2)c1=O.O=c1c(NCc2ccc(Oc3ccc(Cl)cc3)cc2)c(Nc2cccnc2)c1=O. The number of pyridine rings is 3. The first-order valence-corrected chi connectivity index (χ1v) is 18.3. The second kappa shape index (κ2) is 19.5. The zero-order chi connectivity index (χ0) is 39.1. The molecule has 3 heterocycles. The average Bonchev–Trinajstić information content (AvgIpc) is 3.24. The first kappa shape index (κ1) is 38.9. The maximum absolute atomic E-state index is 11.9. The van der Waals surface area contributed by atoms with E-state index in [4.69, 9.17) is 21.1 Å². The van der Waals surface area contributed by atoms with E-state index >= 15 is 0 Å². The summed E-state index contributed by atoms with van der Waals surface area (Å²) in [4.78, 5) is 59.2. The van der Waals surface area contributed by atoms with Crippen molar-refractivity contribution >= 4 is 45.7 Å². The number of halogens is 1. The summed E-state index contributed by atoms with van der Waals surface area (Å²) in [5.74, 6) is 2.16. The normalized spacial score (nSPS) is 10.7. The molecule has 0 aliphatic rings. The van der Waals surface area contributed by atoms with Crippen molar-refractivity contribution in [3.8, 4) is 17.2 Å². The number of ether oxygens (including phenoxy) is 2. The van der Waals surface area contributed by atoms with Crippen LogP contribution in [0.4, 0.5) is 34.1 Å². The fraction of sp³-hybridized carbons (Fsp3) is 0.167. The van der Waals surface area contributed by atoms with Gasteiger partial charge in [0.2, 0.25) is 0 Å². The monoisotopic (exact) mass is 771 g/mol. The van der Waals surface area contributed by atoms with Gasteiger partial charge in [-0.15, -0.1) is 0 Å². The van der Waals surface area contributed by atoms with E-state index in [2.05, 4.69) is 36.2 Å². The molecular formula is C42H38ClN7O6. The fourth-order valence-electron chi connectivity index (χ4n) is 5.44. The molecule has 14 heteroatoms. The van der Waals surface area contributed by atoms with Crippen molar-refractivity contribution < 1.29 is 9.47 Å². The lowest BCUT2D eigenvalue weighted by molar-refractivity contribution is 0.304. The molecule has 0 bridgehead atoms. The second-order valence-corrected chi connectivity index (χ2v) is 12.9. The molecule has 0 saturated carbocycles. The topological polar surface area (TPSA) is 174 Å². The van der Waals surface area contributed by atoms with Gasteiger partial charge in [0.05, 0.1) is 24.7 Å². The number of nitrogens with zero attached hydrogens (tertiary/aromatic N) is 3. The Labute approximate surface area is 326 Å². The molecule has 0 spiro atoms. The van der Waals surface area contributed by atoms with Crippen LogP contribution in [0, 0.1) is 0 Å². The fourth-order valence-corrected chi connectivity index (χ4v) is 5.57. The van der Waals surface area contributed by atoms with E-state index in [1.165, 1.54) is 0 Å². The van der Waals surface area contributed by atoms with Crippen LogP contribution < -0.4 is 52.5 Å². The van der Waals surface area contributed by atoms with Gasteiger partial charge in [-0.3, -0.25) is 34.1 Å². The molecule has 0 aliphatic carbocycles. The van der Waals surface area contributed by atoms with Gasteiger partial charge in [-0.05, 0) is 91.2 Å². The van der Waals surface area contributed by atoms with Gasteiger partial charge in [0.15, 0.2) is 0 Å². The molecule has 13 nitrogen and oxygen atoms in total. The predicted octanol–water partition coefficient (Wildman–Crippen LogP) is 7.35. The van der Waals surface area contributed by atoms with Gasteiger partial charge in [-0.1, -0.05) is 36.6 Å². The van der Waals surface area contributed by atoms with Gasteiger partial charge < -0.3 is 30.7 Å². The number of hydrogen-bond donors (Lipinski definition) is 4. The van der Waals surface area contributed by atoms with Crippen LogP contribution in [0.25, 0.3) is 0 Å². The molecule has 0 unspecified atom stereocenters. The van der Waals surface area contributed by atoms with Crippen molar-refractivity contribution in [2.24, 2.45) is 0 Å². The van der Waals surface area contributed by atoms with Gasteiger partial charge >= 0.3 is 0 Å². The van der Waals surface area contributed by atoms with Crippen LogP contribution in [-0.4, -0.2) is 28.1 Å². The highest BCUT2D eigenvalue weighted by Gasteiger charge is 2.21. The Bertz CT molecular complexity index is 2430. The average molecular weight is 772 g/mol. The van der Waals surface area contributed by atoms with Crippen molar-refractivity contribution in [1.29, 1.82) is 0 Å². The predicted molar refractivity (Wildman–Crippen MR) is 220 cm³/mol. The minimum Gasteiger partial charge on any atom is -0.492 e. The van der Waals surface area contributed by atoms with Crippen molar-refractivity contribution in [1.82, 2.24) is 15.0 Å². The molecule has 284 valence electrons. The van der Waals surface area contributed by atoms with E-state index in [0.717, 1.165) is 42.7 Å². The van der Waals surface area contributed by atoms with E-state index in [-0.39, 0.29) is 11.4 Å². The van der Waals surface area contributed by atoms with Crippen LogP contribution in [-0.2, 0) is 6.54 Å². The van der Waals surface area contributed by atoms with Crippen LogP contribution in [0.5, 0.6) is 17.2 Å². The summed E-state index contributed by atoms with van der Waals surface area (Å²) >= 11 is 5.87. The van der Waals surface area contributed by atoms with Crippen molar-refractivity contribution in [2.75, 3.05) is 34.4 Å². The van der Waals surface area contributed by atoms with E-state index in [9.17, 15) is 19.2 Å². The number of aromatic nitrogens is 3. The van der Waals surface area contributed by atoms with Gasteiger partial charge in [0, 0.05) is 48.6 Å². The van der Waals surface area contributed by atoms with Gasteiger partial charge in [0.1, 0.15) is 40.0 Å². The quantitative estimate of drug-likeness (QED) is 0.0504. The highest BCUT2D eigenvalue weighted by atomic mass is 35.5. The lowest BCUT2D eigenvalue weighted by Gasteiger charge is -2.15. The highest BCUT2D eigenvalue weighted by molar-refractivity contribution is 6.30. The third-order valence-electron chi connectivity index (χ3n) is 8.42. The largest absolute Gasteiger partial charge is 0.492 e. The van der Waals surface area contributed by atoms with E-state index in [0.29, 0.717) is 53.3 Å². The Morgan fingerprint density at radius 2 is 1.11 bits per heavy atom. The maximum Gasteiger partial charge on any atom is 0.253 e. The summed E-state index contributed by atoms with van der Waals surface area (Å²) in [5.41, 5.74) is 1.54. The molecule has 56 heavy (non-hydrogen) atoms. The first-order chi connectivity index (χ1) is 27.4. The second-order valence-electron chi connectivity index (χ2n) is 12.5. The molecule has 0 fully saturated rings. The molecular weight excluding hydrogens is 734 g/mol. The molecule has 0 atom stereocenters. The van der Waals surface area contributed by atoms with Crippen molar-refractivity contribution in [2.45, 2.75) is 32.2 Å². The molecule has 0 amide bonds. The number of nitrogens with one attached hydrogen (secondary N) is 4. The Morgan fingerprint density at radius 3 is 1.75 bits per heavy atom.